The molecule has 7 rings (SSSR count). The highest BCUT2D eigenvalue weighted by Gasteiger charge is 2.57. The van der Waals surface area contributed by atoms with Gasteiger partial charge < -0.3 is 19.1 Å². The summed E-state index contributed by atoms with van der Waals surface area (Å²) in [6.07, 6.45) is 6.99. The van der Waals surface area contributed by atoms with Crippen molar-refractivity contribution >= 4 is 21.6 Å². The van der Waals surface area contributed by atoms with E-state index in [-0.39, 0.29) is 22.7 Å². The topological polar surface area (TPSA) is 101 Å². The summed E-state index contributed by atoms with van der Waals surface area (Å²) in [6, 6.07) is 15.5. The van der Waals surface area contributed by atoms with E-state index in [0.29, 0.717) is 30.3 Å². The van der Waals surface area contributed by atoms with E-state index in [2.05, 4.69) is 21.6 Å². The lowest BCUT2D eigenvalue weighted by Crippen LogP contribution is -2.45. The molecule has 3 atom stereocenters. The van der Waals surface area contributed by atoms with Crippen LogP contribution in [-0.4, -0.2) is 60.8 Å². The minimum absolute atomic E-state index is 0.0532. The Morgan fingerprint density at radius 2 is 2.00 bits per heavy atom. The molecule has 4 heterocycles. The number of carbonyl (C=O) groups is 1. The fourth-order valence-electron chi connectivity index (χ4n) is 7.18. The fourth-order valence-corrected chi connectivity index (χ4v) is 8.61. The van der Waals surface area contributed by atoms with Gasteiger partial charge in [0.05, 0.1) is 44.3 Å². The number of imidazole rings is 1. The maximum atomic E-state index is 13.5. The minimum Gasteiger partial charge on any atom is -0.488 e. The quantitative estimate of drug-likeness (QED) is 0.311. The van der Waals surface area contributed by atoms with Gasteiger partial charge in [-0.1, -0.05) is 31.2 Å². The number of halogens is 1. The van der Waals surface area contributed by atoms with Crippen LogP contribution in [0.25, 0.3) is 6.08 Å². The van der Waals surface area contributed by atoms with E-state index in [1.54, 1.807) is 0 Å². The van der Waals surface area contributed by atoms with Gasteiger partial charge in [0.1, 0.15) is 30.1 Å². The van der Waals surface area contributed by atoms with Crippen molar-refractivity contribution in [1.82, 2.24) is 14.5 Å². The zero-order valence-corrected chi connectivity index (χ0v) is 26.5. The fraction of sp³-hybridized carbons (Fsp3) is 0.457. The highest BCUT2D eigenvalue weighted by Crippen LogP contribution is 2.48. The van der Waals surface area contributed by atoms with Crippen molar-refractivity contribution in [2.75, 3.05) is 19.7 Å². The number of piperidine rings is 1. The number of benzene rings is 2. The number of carboxylic acids is 1. The zero-order valence-electron chi connectivity index (χ0n) is 25.5. The van der Waals surface area contributed by atoms with Crippen molar-refractivity contribution in [2.45, 2.75) is 69.5 Å². The van der Waals surface area contributed by atoms with Gasteiger partial charge in [-0.05, 0) is 98.5 Å². The Morgan fingerprint density at radius 1 is 1.22 bits per heavy atom. The summed E-state index contributed by atoms with van der Waals surface area (Å²) >= 11 is 0. The average Bonchev–Trinajstić information content (AvgIpc) is 3.69. The molecule has 0 bridgehead atoms. The summed E-state index contributed by atoms with van der Waals surface area (Å²) in [7, 11) is 0.771. The Kier molecular flexibility index (Phi) is 8.10. The molecule has 4 aliphatic rings. The van der Waals surface area contributed by atoms with Crippen molar-refractivity contribution < 1.29 is 23.8 Å². The summed E-state index contributed by atoms with van der Waals surface area (Å²) in [6.45, 7) is 5.86. The molecule has 0 spiro atoms. The third-order valence-corrected chi connectivity index (χ3v) is 11.5. The molecular formula is C35H37FN4O4Si. The average molecular weight is 625 g/mol. The Morgan fingerprint density at radius 3 is 2.69 bits per heavy atom. The zero-order chi connectivity index (χ0) is 31.1. The lowest BCUT2D eigenvalue weighted by molar-refractivity contribution is -0.133. The molecule has 1 N–H and O–H groups in total. The molecule has 232 valence electrons. The van der Waals surface area contributed by atoms with Gasteiger partial charge in [0.2, 0.25) is 0 Å². The Hall–Kier alpha value is -3.78. The summed E-state index contributed by atoms with van der Waals surface area (Å²) in [5.41, 5.74) is 4.98. The Bertz CT molecular complexity index is 1680. The van der Waals surface area contributed by atoms with E-state index in [1.807, 2.05) is 31.2 Å². The second-order valence-electron chi connectivity index (χ2n) is 12.9. The lowest BCUT2D eigenvalue weighted by atomic mass is 9.89. The first-order valence-corrected chi connectivity index (χ1v) is 17.1. The number of nitrogens with zero attached hydrogens (tertiary/aromatic N) is 4. The van der Waals surface area contributed by atoms with Crippen LogP contribution in [0.3, 0.4) is 0 Å². The lowest BCUT2D eigenvalue weighted by Gasteiger charge is -2.38. The summed E-state index contributed by atoms with van der Waals surface area (Å²) in [4.78, 5) is 19.7. The molecule has 2 radical (unpaired) electrons. The van der Waals surface area contributed by atoms with Crippen molar-refractivity contribution in [2.24, 2.45) is 11.8 Å². The number of nitriles is 1. The molecule has 0 amide bonds. The molecule has 3 aromatic rings. The standard InChI is InChI=1S/C35H37FN4O4Si/c1-22-13-29-30(17-28(22)34(41)42)40(35(21-45-35)32-9-12-43-32)33(38-29)19-39-10-7-23(8-11-39)14-24-3-2-4-25(15-24)20-44-31-6-5-27(36)16-26(31)18-37/h2-6,15-17,22-23,32H,7-14,19-21H2,1H3,(H,41,42)/t22?,32-,35?/m0/s1. The van der Waals surface area contributed by atoms with Crippen LogP contribution in [0.15, 0.2) is 48.0 Å². The molecule has 3 saturated heterocycles. The van der Waals surface area contributed by atoms with E-state index in [1.165, 1.54) is 23.8 Å². The van der Waals surface area contributed by atoms with Gasteiger partial charge in [0.25, 0.3) is 0 Å². The van der Waals surface area contributed by atoms with Crippen LogP contribution < -0.4 is 4.74 Å². The van der Waals surface area contributed by atoms with E-state index in [4.69, 9.17) is 14.5 Å². The predicted molar refractivity (Wildman–Crippen MR) is 167 cm³/mol. The molecule has 2 aromatic carbocycles. The summed E-state index contributed by atoms with van der Waals surface area (Å²) in [5, 5.41) is 19.1. The molecule has 1 aliphatic carbocycles. The first-order chi connectivity index (χ1) is 21.8. The van der Waals surface area contributed by atoms with Crippen LogP contribution in [0.2, 0.25) is 6.04 Å². The normalized spacial score (nSPS) is 24.7. The van der Waals surface area contributed by atoms with Crippen molar-refractivity contribution in [3.05, 3.63) is 87.8 Å². The van der Waals surface area contributed by atoms with Gasteiger partial charge in [-0.25, -0.2) is 14.2 Å². The largest absolute Gasteiger partial charge is 0.488 e. The van der Waals surface area contributed by atoms with Crippen molar-refractivity contribution in [3.8, 4) is 11.8 Å². The van der Waals surface area contributed by atoms with Gasteiger partial charge in [0.15, 0.2) is 0 Å². The molecule has 3 fully saturated rings. The Balaban J connectivity index is 1.00. The monoisotopic (exact) mass is 624 g/mol. The Labute approximate surface area is 265 Å². The van der Waals surface area contributed by atoms with Gasteiger partial charge >= 0.3 is 5.97 Å². The maximum absolute atomic E-state index is 13.5. The number of rotatable bonds is 10. The first-order valence-electron chi connectivity index (χ1n) is 15.9. The minimum atomic E-state index is -0.837. The number of fused-ring (bicyclic) bond motifs is 1. The molecule has 1 aromatic heterocycles. The van der Waals surface area contributed by atoms with E-state index in [9.17, 15) is 19.6 Å². The number of carboxylic acid groups (broad SMARTS) is 1. The highest BCUT2D eigenvalue weighted by molar-refractivity contribution is 6.53. The molecular weight excluding hydrogens is 587 g/mol. The number of ether oxygens (including phenoxy) is 2. The van der Waals surface area contributed by atoms with Crippen LogP contribution in [0.1, 0.15) is 60.1 Å². The summed E-state index contributed by atoms with van der Waals surface area (Å²) < 4.78 is 27.7. The highest BCUT2D eigenvalue weighted by atomic mass is 28.2. The third-order valence-electron chi connectivity index (χ3n) is 9.84. The molecule has 0 saturated carbocycles. The number of hydrogen-bond acceptors (Lipinski definition) is 6. The maximum Gasteiger partial charge on any atom is 0.331 e. The van der Waals surface area contributed by atoms with Gasteiger partial charge in [-0.3, -0.25) is 4.90 Å². The molecule has 3 aliphatic heterocycles. The van der Waals surface area contributed by atoms with Crippen LogP contribution in [0.5, 0.6) is 5.75 Å². The van der Waals surface area contributed by atoms with Crippen LogP contribution in [0.4, 0.5) is 4.39 Å². The number of aliphatic carboxylic acids is 1. The SMILES string of the molecule is CC1Cc2nc(CN3CCC(Cc4cccc(COc5ccc(F)cc5C#N)c4)CC3)n(C3([C@@H]4CCO4)C[Si]3)c2C=C1C(=O)O. The molecule has 10 heteroatoms. The molecule has 8 nitrogen and oxygen atoms in total. The second kappa shape index (κ2) is 12.2. The van der Waals surface area contributed by atoms with Crippen molar-refractivity contribution in [3.63, 3.8) is 0 Å². The smallest absolute Gasteiger partial charge is 0.331 e. The number of likely N-dealkylation sites (tertiary alicyclic amines) is 1. The third kappa shape index (κ3) is 5.97. The first kappa shape index (κ1) is 29.9. The molecule has 2 unspecified atom stereocenters. The van der Waals surface area contributed by atoms with E-state index < -0.39 is 11.8 Å². The molecule has 45 heavy (non-hydrogen) atoms. The number of hydrogen-bond donors (Lipinski definition) is 1. The van der Waals surface area contributed by atoms with E-state index in [0.717, 1.165) is 90.3 Å². The predicted octanol–water partition coefficient (Wildman–Crippen LogP) is 5.17. The van der Waals surface area contributed by atoms with Crippen molar-refractivity contribution in [1.29, 1.82) is 5.26 Å². The van der Waals surface area contributed by atoms with Gasteiger partial charge in [-0.15, -0.1) is 0 Å². The van der Waals surface area contributed by atoms with Crippen LogP contribution in [-0.2, 0) is 40.7 Å². The second-order valence-corrected chi connectivity index (χ2v) is 14.5. The number of aromatic nitrogens is 2. The van der Waals surface area contributed by atoms with Crippen LogP contribution in [0, 0.1) is 29.0 Å². The summed E-state index contributed by atoms with van der Waals surface area (Å²) in [5.74, 6) is 0.682. The van der Waals surface area contributed by atoms with Crippen LogP contribution >= 0.6 is 0 Å². The van der Waals surface area contributed by atoms with Gasteiger partial charge in [-0.2, -0.15) is 5.26 Å². The van der Waals surface area contributed by atoms with E-state index >= 15 is 0 Å². The van der Waals surface area contributed by atoms with Gasteiger partial charge in [0, 0.05) is 12.2 Å².